The average Bonchev–Trinajstić information content (AvgIpc) is 2.88. The van der Waals surface area contributed by atoms with Gasteiger partial charge in [-0.05, 0) is 55.3 Å². The van der Waals surface area contributed by atoms with Crippen LogP contribution in [0.4, 0.5) is 10.1 Å². The molecule has 1 saturated carbocycles. The maximum atomic E-state index is 13.8. The molecule has 0 spiro atoms. The molecule has 3 rings (SSSR count). The van der Waals surface area contributed by atoms with Gasteiger partial charge in [0.25, 0.3) is 10.0 Å². The Morgan fingerprint density at radius 1 is 1.11 bits per heavy atom. The summed E-state index contributed by atoms with van der Waals surface area (Å²) in [4.78, 5) is 12.7. The van der Waals surface area contributed by atoms with Crippen molar-refractivity contribution in [2.45, 2.75) is 48.7 Å². The van der Waals surface area contributed by atoms with Crippen LogP contribution >= 0.6 is 23.4 Å². The van der Waals surface area contributed by atoms with Crippen LogP contribution in [0.1, 0.15) is 38.5 Å². The Kier molecular flexibility index (Phi) is 10.6. The summed E-state index contributed by atoms with van der Waals surface area (Å²) < 4.78 is 52.3. The fourth-order valence-corrected chi connectivity index (χ4v) is 6.94. The van der Waals surface area contributed by atoms with Gasteiger partial charge in [-0.15, -0.1) is 0 Å². The highest BCUT2D eigenvalue weighted by molar-refractivity contribution is 7.99. The summed E-state index contributed by atoms with van der Waals surface area (Å²) in [6, 6.07) is 7.65. The van der Waals surface area contributed by atoms with Crippen molar-refractivity contribution < 1.29 is 27.1 Å². The minimum Gasteiger partial charge on any atom is -0.493 e. The molecular formula is C25H32ClFN2O5S2. The summed E-state index contributed by atoms with van der Waals surface area (Å²) in [6.07, 6.45) is 7.17. The van der Waals surface area contributed by atoms with Gasteiger partial charge in [-0.1, -0.05) is 30.9 Å². The minimum absolute atomic E-state index is 0.0687. The Bertz CT molecular complexity index is 1140. The van der Waals surface area contributed by atoms with Crippen molar-refractivity contribution in [2.75, 3.05) is 37.4 Å². The molecule has 1 N–H and O–H groups in total. The van der Waals surface area contributed by atoms with Crippen LogP contribution < -0.4 is 19.1 Å². The summed E-state index contributed by atoms with van der Waals surface area (Å²) in [7, 11) is -1.40. The molecule has 2 aromatic carbocycles. The van der Waals surface area contributed by atoms with Crippen LogP contribution in [-0.4, -0.2) is 52.6 Å². The van der Waals surface area contributed by atoms with E-state index in [2.05, 4.69) is 5.32 Å². The Morgan fingerprint density at radius 2 is 1.83 bits per heavy atom. The molecule has 2 aromatic rings. The van der Waals surface area contributed by atoms with Gasteiger partial charge in [0.05, 0.1) is 29.8 Å². The highest BCUT2D eigenvalue weighted by Gasteiger charge is 2.29. The number of ether oxygens (including phenoxy) is 2. The van der Waals surface area contributed by atoms with Gasteiger partial charge >= 0.3 is 0 Å². The number of benzene rings is 2. The molecule has 1 amide bonds. The molecule has 198 valence electrons. The van der Waals surface area contributed by atoms with Crippen LogP contribution in [0.2, 0.25) is 5.02 Å². The maximum absolute atomic E-state index is 13.8. The second kappa shape index (κ2) is 13.4. The molecule has 0 aromatic heterocycles. The lowest BCUT2D eigenvalue weighted by Gasteiger charge is -2.25. The van der Waals surface area contributed by atoms with E-state index in [0.29, 0.717) is 17.5 Å². The van der Waals surface area contributed by atoms with E-state index in [1.807, 2.05) is 11.8 Å². The normalized spacial score (nSPS) is 14.3. The van der Waals surface area contributed by atoms with Crippen molar-refractivity contribution in [3.05, 3.63) is 47.2 Å². The number of carbonyl (C=O) groups excluding carboxylic acids is 1. The predicted octanol–water partition coefficient (Wildman–Crippen LogP) is 5.26. The van der Waals surface area contributed by atoms with Gasteiger partial charge in [0, 0.05) is 17.9 Å². The van der Waals surface area contributed by atoms with Crippen LogP contribution in [0.3, 0.4) is 0 Å². The zero-order valence-electron chi connectivity index (χ0n) is 20.5. The third-order valence-corrected chi connectivity index (χ3v) is 9.50. The number of anilines is 1. The first-order valence-electron chi connectivity index (χ1n) is 11.8. The number of nitrogens with zero attached hydrogens (tertiary/aromatic N) is 1. The molecular weight excluding hydrogens is 527 g/mol. The molecule has 0 bridgehead atoms. The number of thioether (sulfide) groups is 1. The van der Waals surface area contributed by atoms with E-state index in [0.717, 1.165) is 22.5 Å². The summed E-state index contributed by atoms with van der Waals surface area (Å²) in [5, 5.41) is 3.25. The van der Waals surface area contributed by atoms with Crippen molar-refractivity contribution in [1.29, 1.82) is 0 Å². The molecule has 36 heavy (non-hydrogen) atoms. The topological polar surface area (TPSA) is 84.9 Å². The lowest BCUT2D eigenvalue weighted by atomic mass is 10.0. The van der Waals surface area contributed by atoms with E-state index in [-0.39, 0.29) is 21.4 Å². The van der Waals surface area contributed by atoms with Crippen LogP contribution in [0, 0.1) is 5.82 Å². The number of methoxy groups -OCH3 is 2. The molecule has 1 aliphatic carbocycles. The molecule has 0 radical (unpaired) electrons. The largest absolute Gasteiger partial charge is 0.493 e. The summed E-state index contributed by atoms with van der Waals surface area (Å²) in [5.41, 5.74) is 0.0687. The van der Waals surface area contributed by atoms with Gasteiger partial charge in [0.2, 0.25) is 5.91 Å². The first kappa shape index (κ1) is 28.4. The third-order valence-electron chi connectivity index (χ3n) is 5.97. The fourth-order valence-electron chi connectivity index (χ4n) is 4.03. The monoisotopic (exact) mass is 558 g/mol. The Hall–Kier alpha value is -2.17. The van der Waals surface area contributed by atoms with E-state index in [1.165, 1.54) is 76.7 Å². The van der Waals surface area contributed by atoms with Crippen LogP contribution in [-0.2, 0) is 14.8 Å². The van der Waals surface area contributed by atoms with E-state index in [9.17, 15) is 17.6 Å². The SMILES string of the molecule is COc1ccc(S(=O)(=O)N(CC(=O)NCCCSC2CCCCC2)c2ccc(F)c(Cl)c2)cc1OC. The Morgan fingerprint density at radius 3 is 2.50 bits per heavy atom. The van der Waals surface area contributed by atoms with Gasteiger partial charge in [0.1, 0.15) is 12.4 Å². The molecule has 11 heteroatoms. The number of carbonyl (C=O) groups is 1. The highest BCUT2D eigenvalue weighted by Crippen LogP contribution is 2.33. The Balaban J connectivity index is 1.73. The summed E-state index contributed by atoms with van der Waals surface area (Å²) >= 11 is 7.87. The lowest BCUT2D eigenvalue weighted by molar-refractivity contribution is -0.119. The van der Waals surface area contributed by atoms with Crippen molar-refractivity contribution >= 4 is 45.0 Å². The van der Waals surface area contributed by atoms with Crippen molar-refractivity contribution in [3.63, 3.8) is 0 Å². The molecule has 1 aliphatic rings. The summed E-state index contributed by atoms with van der Waals surface area (Å²) in [5.74, 6) is 0.352. The minimum atomic E-state index is -4.23. The zero-order chi connectivity index (χ0) is 26.1. The number of hydrogen-bond donors (Lipinski definition) is 1. The maximum Gasteiger partial charge on any atom is 0.264 e. The van der Waals surface area contributed by atoms with Crippen LogP contribution in [0.25, 0.3) is 0 Å². The number of nitrogens with one attached hydrogen (secondary N) is 1. The number of rotatable bonds is 12. The quantitative estimate of drug-likeness (QED) is 0.358. The molecule has 0 saturated heterocycles. The molecule has 7 nitrogen and oxygen atoms in total. The third kappa shape index (κ3) is 7.43. The molecule has 0 atom stereocenters. The van der Waals surface area contributed by atoms with Gasteiger partial charge in [0.15, 0.2) is 11.5 Å². The van der Waals surface area contributed by atoms with Crippen molar-refractivity contribution in [3.8, 4) is 11.5 Å². The molecule has 0 unspecified atom stereocenters. The standard InChI is InChI=1S/C25H32ClFN2O5S2/c1-33-23-12-10-20(16-24(23)34-2)36(31,32)29(18-9-11-22(27)21(26)15-18)17-25(30)28-13-6-14-35-19-7-4-3-5-8-19/h9-12,15-16,19H,3-8,13-14,17H2,1-2H3,(H,28,30). The highest BCUT2D eigenvalue weighted by atomic mass is 35.5. The second-order valence-corrected chi connectivity index (χ2v) is 12.1. The number of hydrogen-bond acceptors (Lipinski definition) is 6. The van der Waals surface area contributed by atoms with Gasteiger partial charge < -0.3 is 14.8 Å². The predicted molar refractivity (Wildman–Crippen MR) is 142 cm³/mol. The molecule has 0 aliphatic heterocycles. The number of amides is 1. The van der Waals surface area contributed by atoms with Gasteiger partial charge in [-0.25, -0.2) is 12.8 Å². The first-order valence-corrected chi connectivity index (χ1v) is 14.7. The van der Waals surface area contributed by atoms with E-state index >= 15 is 0 Å². The van der Waals surface area contributed by atoms with Crippen LogP contribution in [0.5, 0.6) is 11.5 Å². The average molecular weight is 559 g/mol. The smallest absolute Gasteiger partial charge is 0.264 e. The van der Waals surface area contributed by atoms with Gasteiger partial charge in [-0.2, -0.15) is 11.8 Å². The summed E-state index contributed by atoms with van der Waals surface area (Å²) in [6.45, 7) is -0.0542. The first-order chi connectivity index (χ1) is 17.3. The molecule has 1 fully saturated rings. The van der Waals surface area contributed by atoms with E-state index in [4.69, 9.17) is 21.1 Å². The van der Waals surface area contributed by atoms with E-state index in [1.54, 1.807) is 0 Å². The van der Waals surface area contributed by atoms with Gasteiger partial charge in [-0.3, -0.25) is 9.10 Å². The fraction of sp³-hybridized carbons (Fsp3) is 0.480. The second-order valence-electron chi connectivity index (χ2n) is 8.46. The molecule has 0 heterocycles. The zero-order valence-corrected chi connectivity index (χ0v) is 22.9. The number of halogens is 2. The number of sulfonamides is 1. The van der Waals surface area contributed by atoms with E-state index < -0.39 is 28.3 Å². The lowest BCUT2D eigenvalue weighted by Crippen LogP contribution is -2.41. The van der Waals surface area contributed by atoms with Crippen LogP contribution in [0.15, 0.2) is 41.3 Å². The Labute approximate surface area is 221 Å². The van der Waals surface area contributed by atoms with Crippen molar-refractivity contribution in [2.24, 2.45) is 0 Å². The van der Waals surface area contributed by atoms with Crippen molar-refractivity contribution in [1.82, 2.24) is 5.32 Å².